The second-order valence-electron chi connectivity index (χ2n) is 7.53. The van der Waals surface area contributed by atoms with E-state index in [0.717, 1.165) is 24.9 Å². The van der Waals surface area contributed by atoms with Gasteiger partial charge in [0.15, 0.2) is 17.3 Å². The summed E-state index contributed by atoms with van der Waals surface area (Å²) in [7, 11) is 1.88. The van der Waals surface area contributed by atoms with Crippen molar-refractivity contribution >= 4 is 5.82 Å². The molecule has 4 rings (SSSR count). The van der Waals surface area contributed by atoms with Crippen molar-refractivity contribution in [3.8, 4) is 17.4 Å². The van der Waals surface area contributed by atoms with Gasteiger partial charge in [-0.15, -0.1) is 0 Å². The van der Waals surface area contributed by atoms with Crippen LogP contribution in [0.15, 0.2) is 41.5 Å². The van der Waals surface area contributed by atoms with Crippen LogP contribution in [0, 0.1) is 5.82 Å². The Bertz CT molecular complexity index is 1210. The lowest BCUT2D eigenvalue weighted by atomic mass is 10.1. The molecule has 0 radical (unpaired) electrons. The lowest BCUT2D eigenvalue weighted by molar-refractivity contribution is -0.145. The van der Waals surface area contributed by atoms with E-state index in [1.54, 1.807) is 10.6 Å². The minimum absolute atomic E-state index is 0.0598. The molecule has 2 aromatic heterocycles. The third-order valence-corrected chi connectivity index (χ3v) is 5.25. The highest BCUT2D eigenvalue weighted by atomic mass is 19.4. The Morgan fingerprint density at radius 2 is 1.91 bits per heavy atom. The molecule has 3 heterocycles. The number of hydrogen-bond acceptors (Lipinski definition) is 7. The molecule has 0 spiro atoms. The molecule has 0 saturated carbocycles. The first kappa shape index (κ1) is 22.5. The molecule has 0 N–H and O–H groups in total. The van der Waals surface area contributed by atoms with Gasteiger partial charge in [0, 0.05) is 25.7 Å². The van der Waals surface area contributed by atoms with E-state index >= 15 is 0 Å². The first-order chi connectivity index (χ1) is 15.6. The number of ether oxygens (including phenoxy) is 2. The fraction of sp³-hybridized carbons (Fsp3) is 0.333. The SMILES string of the molecule is CC1CCn2c(cc(OCc3ccc(Oc4cnc(C(F)(F)F)nc4)c(F)c3)nc2=O)N1C. The van der Waals surface area contributed by atoms with Crippen LogP contribution in [-0.4, -0.2) is 32.6 Å². The molecule has 1 aromatic carbocycles. The van der Waals surface area contributed by atoms with E-state index < -0.39 is 23.5 Å². The highest BCUT2D eigenvalue weighted by Gasteiger charge is 2.34. The van der Waals surface area contributed by atoms with Crippen molar-refractivity contribution in [3.05, 3.63) is 64.3 Å². The molecule has 1 aliphatic rings. The van der Waals surface area contributed by atoms with E-state index in [2.05, 4.69) is 21.9 Å². The van der Waals surface area contributed by atoms with Crippen molar-refractivity contribution in [2.45, 2.75) is 38.7 Å². The Morgan fingerprint density at radius 1 is 1.18 bits per heavy atom. The summed E-state index contributed by atoms with van der Waals surface area (Å²) < 4.78 is 64.4. The van der Waals surface area contributed by atoms with Crippen LogP contribution < -0.4 is 20.1 Å². The summed E-state index contributed by atoms with van der Waals surface area (Å²) in [6.45, 7) is 2.57. The van der Waals surface area contributed by atoms with E-state index in [-0.39, 0.29) is 30.0 Å². The van der Waals surface area contributed by atoms with E-state index in [1.807, 2.05) is 11.9 Å². The minimum atomic E-state index is -4.68. The minimum Gasteiger partial charge on any atom is -0.473 e. The van der Waals surface area contributed by atoms with Crippen molar-refractivity contribution in [2.75, 3.05) is 11.9 Å². The Morgan fingerprint density at radius 3 is 2.58 bits per heavy atom. The monoisotopic (exact) mass is 465 g/mol. The molecule has 3 aromatic rings. The molecule has 1 atom stereocenters. The molecule has 1 aliphatic heterocycles. The molecule has 12 heteroatoms. The first-order valence-corrected chi connectivity index (χ1v) is 9.95. The van der Waals surface area contributed by atoms with Crippen molar-refractivity contribution < 1.29 is 27.0 Å². The number of anilines is 1. The number of aromatic nitrogens is 4. The van der Waals surface area contributed by atoms with E-state index in [0.29, 0.717) is 17.9 Å². The quantitative estimate of drug-likeness (QED) is 0.531. The smallest absolute Gasteiger partial charge is 0.451 e. The molecule has 0 aliphatic carbocycles. The number of halogens is 4. The number of benzene rings is 1. The highest BCUT2D eigenvalue weighted by molar-refractivity contribution is 5.44. The van der Waals surface area contributed by atoms with Crippen molar-refractivity contribution in [3.63, 3.8) is 0 Å². The number of rotatable bonds is 5. The molecular weight excluding hydrogens is 446 g/mol. The molecule has 174 valence electrons. The van der Waals surface area contributed by atoms with E-state index in [4.69, 9.17) is 9.47 Å². The average Bonchev–Trinajstić information content (AvgIpc) is 2.76. The second-order valence-corrected chi connectivity index (χ2v) is 7.53. The van der Waals surface area contributed by atoms with Gasteiger partial charge in [0.1, 0.15) is 12.4 Å². The summed E-state index contributed by atoms with van der Waals surface area (Å²) in [4.78, 5) is 24.5. The predicted molar refractivity (Wildman–Crippen MR) is 109 cm³/mol. The van der Waals surface area contributed by atoms with E-state index in [1.165, 1.54) is 12.1 Å². The van der Waals surface area contributed by atoms with Gasteiger partial charge < -0.3 is 14.4 Å². The summed E-state index contributed by atoms with van der Waals surface area (Å²) in [5, 5.41) is 0. The van der Waals surface area contributed by atoms with Gasteiger partial charge in [-0.2, -0.15) is 18.2 Å². The molecule has 33 heavy (non-hydrogen) atoms. The zero-order chi connectivity index (χ0) is 23.8. The van der Waals surface area contributed by atoms with Gasteiger partial charge in [-0.25, -0.2) is 19.2 Å². The molecular formula is C21H19F4N5O3. The van der Waals surface area contributed by atoms with Crippen LogP contribution in [0.2, 0.25) is 0 Å². The van der Waals surface area contributed by atoms with E-state index in [9.17, 15) is 22.4 Å². The maximum absolute atomic E-state index is 14.4. The fourth-order valence-electron chi connectivity index (χ4n) is 3.30. The summed E-state index contributed by atoms with van der Waals surface area (Å²) in [6, 6.07) is 5.89. The lowest BCUT2D eigenvalue weighted by Gasteiger charge is -2.34. The van der Waals surface area contributed by atoms with Gasteiger partial charge in [0.2, 0.25) is 11.7 Å². The standard InChI is InChI=1S/C21H19F4N5O3/c1-12-5-6-30-18(29(12)2)8-17(28-20(30)31)32-11-13-3-4-16(15(22)7-13)33-14-9-26-19(27-10-14)21(23,24)25/h3-4,7-10,12H,5-6,11H2,1-2H3. The van der Waals surface area contributed by atoms with Crippen molar-refractivity contribution in [1.29, 1.82) is 0 Å². The maximum Gasteiger partial charge on any atom is 0.451 e. The summed E-state index contributed by atoms with van der Waals surface area (Å²) in [5.41, 5.74) is 0.0137. The van der Waals surface area contributed by atoms with Gasteiger partial charge in [0.05, 0.1) is 12.4 Å². The zero-order valence-electron chi connectivity index (χ0n) is 17.6. The molecule has 0 bridgehead atoms. The summed E-state index contributed by atoms with van der Waals surface area (Å²) in [5.74, 6) is -1.64. The van der Waals surface area contributed by atoms with Crippen LogP contribution in [-0.2, 0) is 19.3 Å². The summed E-state index contributed by atoms with van der Waals surface area (Å²) >= 11 is 0. The van der Waals surface area contributed by atoms with Crippen molar-refractivity contribution in [2.24, 2.45) is 0 Å². The first-order valence-electron chi connectivity index (χ1n) is 9.95. The Kier molecular flexibility index (Phi) is 5.91. The molecule has 8 nitrogen and oxygen atoms in total. The van der Waals surface area contributed by atoms with Gasteiger partial charge in [-0.05, 0) is 31.0 Å². The second kappa shape index (κ2) is 8.68. The van der Waals surface area contributed by atoms with Gasteiger partial charge >= 0.3 is 11.9 Å². The highest BCUT2D eigenvalue weighted by Crippen LogP contribution is 2.29. The zero-order valence-corrected chi connectivity index (χ0v) is 17.6. The topological polar surface area (TPSA) is 82.4 Å². The largest absolute Gasteiger partial charge is 0.473 e. The lowest BCUT2D eigenvalue weighted by Crippen LogP contribution is -2.41. The van der Waals surface area contributed by atoms with Gasteiger partial charge in [-0.1, -0.05) is 6.07 Å². The molecule has 1 unspecified atom stereocenters. The number of nitrogens with zero attached hydrogens (tertiary/aromatic N) is 5. The Balaban J connectivity index is 1.44. The Hall–Kier alpha value is -3.70. The average molecular weight is 465 g/mol. The van der Waals surface area contributed by atoms with Crippen molar-refractivity contribution in [1.82, 2.24) is 19.5 Å². The van der Waals surface area contributed by atoms with Crippen LogP contribution in [0.3, 0.4) is 0 Å². The van der Waals surface area contributed by atoms with Crippen LogP contribution in [0.25, 0.3) is 0 Å². The maximum atomic E-state index is 14.4. The van der Waals surface area contributed by atoms with Crippen LogP contribution in [0.5, 0.6) is 17.4 Å². The Labute approximate surface area is 185 Å². The third-order valence-electron chi connectivity index (χ3n) is 5.25. The fourth-order valence-corrected chi connectivity index (χ4v) is 3.30. The molecule has 0 fully saturated rings. The predicted octanol–water partition coefficient (Wildman–Crippen LogP) is 3.79. The summed E-state index contributed by atoms with van der Waals surface area (Å²) in [6.07, 6.45) is -2.23. The third kappa shape index (κ3) is 4.89. The van der Waals surface area contributed by atoms with Crippen LogP contribution >= 0.6 is 0 Å². The van der Waals surface area contributed by atoms with Crippen LogP contribution in [0.4, 0.5) is 23.4 Å². The molecule has 0 saturated heterocycles. The molecule has 0 amide bonds. The van der Waals surface area contributed by atoms with Gasteiger partial charge in [-0.3, -0.25) is 4.57 Å². The number of fused-ring (bicyclic) bond motifs is 1. The van der Waals surface area contributed by atoms with Gasteiger partial charge in [0.25, 0.3) is 0 Å². The number of hydrogen-bond donors (Lipinski definition) is 0. The number of alkyl halides is 3. The normalized spacial score (nSPS) is 15.8. The van der Waals surface area contributed by atoms with Crippen LogP contribution in [0.1, 0.15) is 24.7 Å².